The van der Waals surface area contributed by atoms with E-state index in [0.717, 1.165) is 45.3 Å². The lowest BCUT2D eigenvalue weighted by Gasteiger charge is -2.44. The third-order valence-electron chi connectivity index (χ3n) is 7.74. The number of amides is 1. The molecule has 2 aliphatic carbocycles. The predicted molar refractivity (Wildman–Crippen MR) is 132 cm³/mol. The lowest BCUT2D eigenvalue weighted by molar-refractivity contribution is -0.134. The van der Waals surface area contributed by atoms with E-state index < -0.39 is 0 Å². The Balaban J connectivity index is 1.53. The van der Waals surface area contributed by atoms with Crippen LogP contribution in [0.2, 0.25) is 0 Å². The fraction of sp³-hybridized carbons (Fsp3) is 0.607. The van der Waals surface area contributed by atoms with E-state index in [0.29, 0.717) is 11.8 Å². The maximum atomic E-state index is 13.5. The highest BCUT2D eigenvalue weighted by Crippen LogP contribution is 2.40. The molecule has 1 aromatic rings. The molecule has 0 spiro atoms. The zero-order valence-electron chi connectivity index (χ0n) is 20.4. The van der Waals surface area contributed by atoms with Gasteiger partial charge >= 0.3 is 0 Å². The summed E-state index contributed by atoms with van der Waals surface area (Å²) in [5.74, 6) is 1.19. The van der Waals surface area contributed by atoms with Crippen LogP contribution in [0.3, 0.4) is 0 Å². The molecule has 1 heterocycles. The van der Waals surface area contributed by atoms with Gasteiger partial charge in [-0.15, -0.1) is 0 Å². The maximum Gasteiger partial charge on any atom is 0.237 e. The van der Waals surface area contributed by atoms with Crippen molar-refractivity contribution in [1.82, 2.24) is 15.1 Å². The number of piperazine rings is 1. The number of hydrogen-bond acceptors (Lipinski definition) is 3. The fourth-order valence-corrected chi connectivity index (χ4v) is 6.11. The van der Waals surface area contributed by atoms with Crippen molar-refractivity contribution >= 4 is 5.91 Å². The van der Waals surface area contributed by atoms with Crippen molar-refractivity contribution in [3.05, 3.63) is 58.7 Å². The normalized spacial score (nSPS) is 26.2. The minimum atomic E-state index is -0.0253. The van der Waals surface area contributed by atoms with E-state index >= 15 is 0 Å². The second-order valence-corrected chi connectivity index (χ2v) is 10.4. The molecule has 3 aliphatic rings. The Morgan fingerprint density at radius 1 is 1.16 bits per heavy atom. The smallest absolute Gasteiger partial charge is 0.237 e. The first-order valence-electron chi connectivity index (χ1n) is 12.6. The number of rotatable bonds is 8. The molecule has 0 aromatic heterocycles. The second-order valence-electron chi connectivity index (χ2n) is 10.4. The summed E-state index contributed by atoms with van der Waals surface area (Å²) in [4.78, 5) is 18.2. The van der Waals surface area contributed by atoms with Gasteiger partial charge in [0.1, 0.15) is 0 Å². The Labute approximate surface area is 194 Å². The van der Waals surface area contributed by atoms with Gasteiger partial charge in [-0.05, 0) is 68.3 Å². The molecule has 1 aromatic carbocycles. The molecule has 0 saturated carbocycles. The van der Waals surface area contributed by atoms with Crippen LogP contribution in [0.4, 0.5) is 0 Å². The number of hydrogen-bond donors (Lipinski definition) is 1. The van der Waals surface area contributed by atoms with Crippen molar-refractivity contribution in [3.63, 3.8) is 0 Å². The van der Waals surface area contributed by atoms with E-state index in [9.17, 15) is 4.79 Å². The van der Waals surface area contributed by atoms with Gasteiger partial charge in [-0.2, -0.15) is 0 Å². The van der Waals surface area contributed by atoms with Gasteiger partial charge in [-0.1, -0.05) is 68.7 Å². The molecule has 4 nitrogen and oxygen atoms in total. The number of carbonyl (C=O) groups excluding carboxylic acids is 1. The first kappa shape index (κ1) is 23.3. The van der Waals surface area contributed by atoms with Crippen molar-refractivity contribution in [1.29, 1.82) is 0 Å². The molecule has 4 heteroatoms. The standard InChI is InChI=1S/C28H41N3O/c1-5-22(6-2)27-28(32)29-26(25-15-23-12-7-8-13-24(23)16-25)19-31(27)18-21-11-9-10-20(14-21)17-30(3)4/h7,9-12,14,22,25-27H,5-6,8,13,15-19H2,1-4H3,(H,29,32)/t25?,26-,27+/m0/s1. The molecule has 1 saturated heterocycles. The predicted octanol–water partition coefficient (Wildman–Crippen LogP) is 4.91. The summed E-state index contributed by atoms with van der Waals surface area (Å²) in [6, 6.07) is 9.15. The van der Waals surface area contributed by atoms with E-state index in [1.165, 1.54) is 24.0 Å². The number of carbonyl (C=O) groups is 1. The SMILES string of the molecule is CCC(CC)[C@@H]1C(=O)N[C@H](C2CC3=C(CCC=C3)C2)CN1Cc1cccc(CN(C)C)c1. The zero-order chi connectivity index (χ0) is 22.7. The monoisotopic (exact) mass is 435 g/mol. The molecule has 1 amide bonds. The van der Waals surface area contributed by atoms with Crippen LogP contribution in [-0.4, -0.2) is 48.4 Å². The number of nitrogens with zero attached hydrogens (tertiary/aromatic N) is 2. The summed E-state index contributed by atoms with van der Waals surface area (Å²) in [6.45, 7) is 7.21. The van der Waals surface area contributed by atoms with Crippen molar-refractivity contribution in [3.8, 4) is 0 Å². The van der Waals surface area contributed by atoms with Crippen molar-refractivity contribution in [2.24, 2.45) is 11.8 Å². The quantitative estimate of drug-likeness (QED) is 0.630. The molecule has 1 N–H and O–H groups in total. The van der Waals surface area contributed by atoms with E-state index in [-0.39, 0.29) is 18.0 Å². The Kier molecular flexibility index (Phi) is 7.52. The van der Waals surface area contributed by atoms with Crippen LogP contribution in [0.15, 0.2) is 47.6 Å². The molecule has 1 fully saturated rings. The fourth-order valence-electron chi connectivity index (χ4n) is 6.11. The van der Waals surface area contributed by atoms with Crippen LogP contribution in [-0.2, 0) is 17.9 Å². The summed E-state index contributed by atoms with van der Waals surface area (Å²) in [7, 11) is 4.22. The molecule has 174 valence electrons. The molecule has 4 rings (SSSR count). The minimum absolute atomic E-state index is 0.0253. The van der Waals surface area contributed by atoms with E-state index in [4.69, 9.17) is 0 Å². The Morgan fingerprint density at radius 2 is 1.94 bits per heavy atom. The van der Waals surface area contributed by atoms with Crippen molar-refractivity contribution < 1.29 is 4.79 Å². The van der Waals surface area contributed by atoms with Gasteiger partial charge in [0.2, 0.25) is 5.91 Å². The molecule has 3 atom stereocenters. The van der Waals surface area contributed by atoms with Crippen LogP contribution in [0.25, 0.3) is 0 Å². The first-order chi connectivity index (χ1) is 15.5. The Hall–Kier alpha value is -1.91. The lowest BCUT2D eigenvalue weighted by atomic mass is 9.86. The van der Waals surface area contributed by atoms with Crippen LogP contribution >= 0.6 is 0 Å². The van der Waals surface area contributed by atoms with Crippen LogP contribution in [0.1, 0.15) is 63.5 Å². The van der Waals surface area contributed by atoms with Crippen LogP contribution < -0.4 is 5.32 Å². The Morgan fingerprint density at radius 3 is 2.66 bits per heavy atom. The van der Waals surface area contributed by atoms with Gasteiger partial charge < -0.3 is 10.2 Å². The lowest BCUT2D eigenvalue weighted by Crippen LogP contribution is -2.63. The minimum Gasteiger partial charge on any atom is -0.350 e. The van der Waals surface area contributed by atoms with Crippen LogP contribution in [0.5, 0.6) is 0 Å². The molecule has 0 radical (unpaired) electrons. The van der Waals surface area contributed by atoms with Crippen molar-refractivity contribution in [2.45, 2.75) is 77.5 Å². The third-order valence-corrected chi connectivity index (χ3v) is 7.74. The maximum absolute atomic E-state index is 13.5. The summed E-state index contributed by atoms with van der Waals surface area (Å²) in [5, 5.41) is 3.48. The molecule has 32 heavy (non-hydrogen) atoms. The van der Waals surface area contributed by atoms with Gasteiger partial charge in [0.25, 0.3) is 0 Å². The van der Waals surface area contributed by atoms with Gasteiger partial charge in [-0.25, -0.2) is 0 Å². The van der Waals surface area contributed by atoms with Crippen molar-refractivity contribution in [2.75, 3.05) is 20.6 Å². The van der Waals surface area contributed by atoms with Gasteiger partial charge in [0, 0.05) is 25.7 Å². The molecular formula is C28H41N3O. The van der Waals surface area contributed by atoms with Gasteiger partial charge in [-0.3, -0.25) is 9.69 Å². The summed E-state index contributed by atoms with van der Waals surface area (Å²) < 4.78 is 0. The molecule has 1 unspecified atom stereocenters. The number of allylic oxidation sites excluding steroid dienone is 4. The molecule has 0 bridgehead atoms. The van der Waals surface area contributed by atoms with E-state index in [1.54, 1.807) is 11.1 Å². The first-order valence-corrected chi connectivity index (χ1v) is 12.6. The second kappa shape index (κ2) is 10.4. The number of benzene rings is 1. The third kappa shape index (κ3) is 5.18. The molecular weight excluding hydrogens is 394 g/mol. The highest BCUT2D eigenvalue weighted by atomic mass is 16.2. The summed E-state index contributed by atoms with van der Waals surface area (Å²) >= 11 is 0. The van der Waals surface area contributed by atoms with Gasteiger partial charge in [0.15, 0.2) is 0 Å². The topological polar surface area (TPSA) is 35.6 Å². The Bertz CT molecular complexity index is 867. The number of nitrogens with one attached hydrogen (secondary N) is 1. The largest absolute Gasteiger partial charge is 0.350 e. The average Bonchev–Trinajstić information content (AvgIpc) is 3.20. The highest BCUT2D eigenvalue weighted by molar-refractivity contribution is 5.83. The summed E-state index contributed by atoms with van der Waals surface area (Å²) in [5.41, 5.74) is 5.84. The van der Waals surface area contributed by atoms with E-state index in [2.05, 4.69) is 79.5 Å². The van der Waals surface area contributed by atoms with E-state index in [1.807, 2.05) is 0 Å². The highest BCUT2D eigenvalue weighted by Gasteiger charge is 2.42. The zero-order valence-corrected chi connectivity index (χ0v) is 20.4. The average molecular weight is 436 g/mol. The van der Waals surface area contributed by atoms with Gasteiger partial charge in [0.05, 0.1) is 6.04 Å². The summed E-state index contributed by atoms with van der Waals surface area (Å²) in [6.07, 6.45) is 11.4. The van der Waals surface area contributed by atoms with Crippen LogP contribution in [0, 0.1) is 11.8 Å². The molecule has 1 aliphatic heterocycles.